The van der Waals surface area contributed by atoms with Gasteiger partial charge in [-0.2, -0.15) is 0 Å². The van der Waals surface area contributed by atoms with Crippen molar-refractivity contribution in [1.82, 2.24) is 4.90 Å². The molecule has 3 heteroatoms. The highest BCUT2D eigenvalue weighted by atomic mass is 16.5. The normalized spacial score (nSPS) is 22.8. The van der Waals surface area contributed by atoms with Crippen LogP contribution in [0.4, 0.5) is 0 Å². The summed E-state index contributed by atoms with van der Waals surface area (Å²) in [6.45, 7) is 4.14. The lowest BCUT2D eigenvalue weighted by Crippen LogP contribution is -2.39. The summed E-state index contributed by atoms with van der Waals surface area (Å²) in [5.74, 6) is 0.915. The van der Waals surface area contributed by atoms with Crippen molar-refractivity contribution in [2.45, 2.75) is 44.7 Å². The standard InChI is InChI=1S/C16H26N2O/c1-13-7-4-3-5-10-18(13)16(12-17)14-8-6-9-15(11-14)19-2/h6,8-9,11,13,16H,3-5,7,10,12,17H2,1-2H3. The third-order valence-electron chi connectivity index (χ3n) is 4.21. The van der Waals surface area contributed by atoms with Crippen LogP contribution >= 0.6 is 0 Å². The number of hydrogen-bond donors (Lipinski definition) is 1. The van der Waals surface area contributed by atoms with Crippen molar-refractivity contribution in [2.75, 3.05) is 20.2 Å². The molecule has 19 heavy (non-hydrogen) atoms. The molecule has 0 radical (unpaired) electrons. The zero-order valence-corrected chi connectivity index (χ0v) is 12.1. The van der Waals surface area contributed by atoms with Gasteiger partial charge < -0.3 is 10.5 Å². The Morgan fingerprint density at radius 2 is 2.21 bits per heavy atom. The van der Waals surface area contributed by atoms with Gasteiger partial charge in [-0.25, -0.2) is 0 Å². The molecule has 0 aromatic heterocycles. The topological polar surface area (TPSA) is 38.5 Å². The summed E-state index contributed by atoms with van der Waals surface area (Å²) in [5, 5.41) is 0. The van der Waals surface area contributed by atoms with E-state index in [0.717, 1.165) is 12.3 Å². The molecule has 0 amide bonds. The summed E-state index contributed by atoms with van der Waals surface area (Å²) >= 11 is 0. The third-order valence-corrected chi connectivity index (χ3v) is 4.21. The van der Waals surface area contributed by atoms with Gasteiger partial charge in [-0.1, -0.05) is 25.0 Å². The van der Waals surface area contributed by atoms with Gasteiger partial charge in [-0.15, -0.1) is 0 Å². The van der Waals surface area contributed by atoms with Gasteiger partial charge in [0, 0.05) is 18.6 Å². The molecule has 1 aromatic carbocycles. The number of rotatable bonds is 4. The fraction of sp³-hybridized carbons (Fsp3) is 0.625. The van der Waals surface area contributed by atoms with Crippen LogP contribution in [-0.4, -0.2) is 31.1 Å². The van der Waals surface area contributed by atoms with Crippen molar-refractivity contribution >= 4 is 0 Å². The zero-order chi connectivity index (χ0) is 13.7. The Morgan fingerprint density at radius 1 is 1.37 bits per heavy atom. The largest absolute Gasteiger partial charge is 0.497 e. The lowest BCUT2D eigenvalue weighted by molar-refractivity contribution is 0.150. The maximum Gasteiger partial charge on any atom is 0.119 e. The van der Waals surface area contributed by atoms with Gasteiger partial charge in [0.2, 0.25) is 0 Å². The minimum absolute atomic E-state index is 0.309. The Bertz CT molecular complexity index is 394. The van der Waals surface area contributed by atoms with E-state index < -0.39 is 0 Å². The van der Waals surface area contributed by atoms with E-state index in [-0.39, 0.29) is 0 Å². The second-order valence-electron chi connectivity index (χ2n) is 5.46. The fourth-order valence-corrected chi connectivity index (χ4v) is 3.07. The van der Waals surface area contributed by atoms with Crippen LogP contribution in [0, 0.1) is 0 Å². The van der Waals surface area contributed by atoms with Crippen LogP contribution < -0.4 is 10.5 Å². The van der Waals surface area contributed by atoms with Gasteiger partial charge in [0.15, 0.2) is 0 Å². The Hall–Kier alpha value is -1.06. The smallest absolute Gasteiger partial charge is 0.119 e. The summed E-state index contributed by atoms with van der Waals surface area (Å²) in [5.41, 5.74) is 7.33. The molecule has 1 aromatic rings. The average Bonchev–Trinajstić information content (AvgIpc) is 2.66. The molecule has 1 aliphatic heterocycles. The first-order chi connectivity index (χ1) is 9.26. The highest BCUT2D eigenvalue weighted by Gasteiger charge is 2.25. The number of likely N-dealkylation sites (tertiary alicyclic amines) is 1. The lowest BCUT2D eigenvalue weighted by atomic mass is 10.0. The minimum atomic E-state index is 0.309. The minimum Gasteiger partial charge on any atom is -0.497 e. The van der Waals surface area contributed by atoms with E-state index in [1.54, 1.807) is 7.11 Å². The van der Waals surface area contributed by atoms with Crippen molar-refractivity contribution in [3.05, 3.63) is 29.8 Å². The molecule has 0 aliphatic carbocycles. The number of benzene rings is 1. The number of methoxy groups -OCH3 is 1. The van der Waals surface area contributed by atoms with Gasteiger partial charge in [-0.3, -0.25) is 4.90 Å². The quantitative estimate of drug-likeness (QED) is 0.906. The van der Waals surface area contributed by atoms with Crippen LogP contribution in [0.2, 0.25) is 0 Å². The number of nitrogens with two attached hydrogens (primary N) is 1. The first kappa shape index (κ1) is 14.4. The summed E-state index contributed by atoms with van der Waals surface area (Å²) in [6.07, 6.45) is 5.24. The van der Waals surface area contributed by atoms with E-state index in [0.29, 0.717) is 18.6 Å². The average molecular weight is 262 g/mol. The van der Waals surface area contributed by atoms with Gasteiger partial charge >= 0.3 is 0 Å². The molecular formula is C16H26N2O. The SMILES string of the molecule is COc1cccc(C(CN)N2CCCCCC2C)c1. The van der Waals surface area contributed by atoms with E-state index in [9.17, 15) is 0 Å². The van der Waals surface area contributed by atoms with E-state index in [1.165, 1.54) is 31.2 Å². The molecule has 1 fully saturated rings. The van der Waals surface area contributed by atoms with Crippen molar-refractivity contribution in [3.8, 4) is 5.75 Å². The van der Waals surface area contributed by atoms with Gasteiger partial charge in [0.25, 0.3) is 0 Å². The van der Waals surface area contributed by atoms with Crippen LogP contribution in [0.5, 0.6) is 5.75 Å². The number of ether oxygens (including phenoxy) is 1. The molecule has 3 nitrogen and oxygen atoms in total. The van der Waals surface area contributed by atoms with Crippen molar-refractivity contribution in [2.24, 2.45) is 5.73 Å². The van der Waals surface area contributed by atoms with Crippen LogP contribution in [0.25, 0.3) is 0 Å². The second kappa shape index (κ2) is 6.92. The Balaban J connectivity index is 2.21. The van der Waals surface area contributed by atoms with Crippen molar-refractivity contribution < 1.29 is 4.74 Å². The Kier molecular flexibility index (Phi) is 5.23. The monoisotopic (exact) mass is 262 g/mol. The second-order valence-corrected chi connectivity index (χ2v) is 5.46. The maximum absolute atomic E-state index is 6.06. The van der Waals surface area contributed by atoms with Gasteiger partial charge in [0.1, 0.15) is 5.75 Å². The summed E-state index contributed by atoms with van der Waals surface area (Å²) < 4.78 is 5.33. The molecule has 2 N–H and O–H groups in total. The van der Waals surface area contributed by atoms with Crippen molar-refractivity contribution in [3.63, 3.8) is 0 Å². The Morgan fingerprint density at radius 3 is 2.95 bits per heavy atom. The van der Waals surface area contributed by atoms with E-state index in [4.69, 9.17) is 10.5 Å². The highest BCUT2D eigenvalue weighted by Crippen LogP contribution is 2.29. The Labute approximate surface area is 116 Å². The molecule has 2 unspecified atom stereocenters. The van der Waals surface area contributed by atoms with E-state index in [2.05, 4.69) is 30.0 Å². The molecule has 0 spiro atoms. The first-order valence-corrected chi connectivity index (χ1v) is 7.36. The summed E-state index contributed by atoms with van der Waals surface area (Å²) in [4.78, 5) is 2.57. The molecule has 1 saturated heterocycles. The van der Waals surface area contributed by atoms with Crippen LogP contribution in [-0.2, 0) is 0 Å². The fourth-order valence-electron chi connectivity index (χ4n) is 3.07. The molecule has 1 heterocycles. The van der Waals surface area contributed by atoms with Crippen LogP contribution in [0.3, 0.4) is 0 Å². The zero-order valence-electron chi connectivity index (χ0n) is 12.1. The van der Waals surface area contributed by atoms with Crippen LogP contribution in [0.15, 0.2) is 24.3 Å². The summed E-state index contributed by atoms with van der Waals surface area (Å²) in [6, 6.07) is 9.25. The highest BCUT2D eigenvalue weighted by molar-refractivity contribution is 5.31. The van der Waals surface area contributed by atoms with Crippen LogP contribution in [0.1, 0.15) is 44.2 Å². The lowest BCUT2D eigenvalue weighted by Gasteiger charge is -2.35. The predicted molar refractivity (Wildman–Crippen MR) is 79.4 cm³/mol. The van der Waals surface area contributed by atoms with Crippen molar-refractivity contribution in [1.29, 1.82) is 0 Å². The number of nitrogens with zero attached hydrogens (tertiary/aromatic N) is 1. The molecule has 0 saturated carbocycles. The molecular weight excluding hydrogens is 236 g/mol. The molecule has 2 atom stereocenters. The first-order valence-electron chi connectivity index (χ1n) is 7.36. The molecule has 1 aliphatic rings. The van der Waals surface area contributed by atoms with E-state index in [1.807, 2.05) is 6.07 Å². The van der Waals surface area contributed by atoms with Gasteiger partial charge in [-0.05, 0) is 44.0 Å². The molecule has 106 valence electrons. The van der Waals surface area contributed by atoms with E-state index >= 15 is 0 Å². The number of hydrogen-bond acceptors (Lipinski definition) is 3. The third kappa shape index (κ3) is 3.48. The van der Waals surface area contributed by atoms with Gasteiger partial charge in [0.05, 0.1) is 7.11 Å². The molecule has 2 rings (SSSR count). The summed E-state index contributed by atoms with van der Waals surface area (Å²) in [7, 11) is 1.71. The molecule has 0 bridgehead atoms. The maximum atomic E-state index is 6.06. The predicted octanol–water partition coefficient (Wildman–Crippen LogP) is 2.96.